The summed E-state index contributed by atoms with van der Waals surface area (Å²) in [7, 11) is 1.16. The van der Waals surface area contributed by atoms with Crippen LogP contribution < -0.4 is 10.1 Å². The van der Waals surface area contributed by atoms with E-state index in [9.17, 15) is 14.4 Å². The second-order valence-corrected chi connectivity index (χ2v) is 5.25. The molecule has 0 bridgehead atoms. The summed E-state index contributed by atoms with van der Waals surface area (Å²) in [4.78, 5) is 36.1. The molecule has 1 unspecified atom stereocenters. The molecule has 25 heavy (non-hydrogen) atoms. The number of amides is 1. The van der Waals surface area contributed by atoms with Gasteiger partial charge in [-0.05, 0) is 24.1 Å². The third-order valence-corrected chi connectivity index (χ3v) is 3.48. The van der Waals surface area contributed by atoms with Crippen molar-refractivity contribution in [2.45, 2.75) is 18.9 Å². The van der Waals surface area contributed by atoms with E-state index in [1.165, 1.54) is 0 Å². The number of nitrogens with one attached hydrogen (secondary N) is 1. The minimum Gasteiger partial charge on any atom is -0.467 e. The minimum absolute atomic E-state index is 0.0927. The summed E-state index contributed by atoms with van der Waals surface area (Å²) in [6.07, 6.45) is -0.340. The number of esters is 1. The van der Waals surface area contributed by atoms with Crippen LogP contribution in [0.4, 0.5) is 4.79 Å². The summed E-state index contributed by atoms with van der Waals surface area (Å²) >= 11 is 0. The Morgan fingerprint density at radius 2 is 1.56 bits per heavy atom. The zero-order chi connectivity index (χ0) is 18.1. The van der Waals surface area contributed by atoms with Crippen LogP contribution >= 0.6 is 0 Å². The van der Waals surface area contributed by atoms with Gasteiger partial charge in [0, 0.05) is 6.42 Å². The molecule has 0 saturated carbocycles. The first-order valence-corrected chi connectivity index (χ1v) is 7.78. The maximum Gasteiger partial charge on any atom is 0.413 e. The summed E-state index contributed by atoms with van der Waals surface area (Å²) in [5.41, 5.74) is 0.964. The number of rotatable bonds is 7. The van der Waals surface area contributed by atoms with Crippen LogP contribution in [-0.4, -0.2) is 31.0 Å². The lowest BCUT2D eigenvalue weighted by molar-refractivity contribution is -0.146. The van der Waals surface area contributed by atoms with Gasteiger partial charge in [-0.25, -0.2) is 9.59 Å². The molecule has 1 amide bonds. The van der Waals surface area contributed by atoms with Crippen molar-refractivity contribution in [1.29, 1.82) is 0 Å². The number of hydrogen-bond acceptors (Lipinski definition) is 5. The highest BCUT2D eigenvalue weighted by atomic mass is 16.6. The normalized spacial score (nSPS) is 11.2. The number of carbonyl (C=O) groups is 3. The molecule has 2 aromatic rings. The maximum absolute atomic E-state index is 12.3. The van der Waals surface area contributed by atoms with E-state index < -0.39 is 23.9 Å². The first-order chi connectivity index (χ1) is 12.1. The fourth-order valence-electron chi connectivity index (χ4n) is 2.19. The Bertz CT molecular complexity index is 715. The van der Waals surface area contributed by atoms with E-state index in [4.69, 9.17) is 4.74 Å². The van der Waals surface area contributed by atoms with E-state index in [2.05, 4.69) is 10.1 Å². The van der Waals surface area contributed by atoms with Crippen molar-refractivity contribution in [1.82, 2.24) is 5.32 Å². The number of ether oxygens (including phenoxy) is 2. The second kappa shape index (κ2) is 9.22. The Hall–Kier alpha value is -3.15. The monoisotopic (exact) mass is 341 g/mol. The van der Waals surface area contributed by atoms with E-state index in [-0.39, 0.29) is 6.42 Å². The van der Waals surface area contributed by atoms with Gasteiger partial charge in [0.05, 0.1) is 7.11 Å². The van der Waals surface area contributed by atoms with E-state index in [1.807, 2.05) is 30.3 Å². The molecule has 0 aliphatic carbocycles. The molecule has 0 aromatic heterocycles. The van der Waals surface area contributed by atoms with Gasteiger partial charge >= 0.3 is 12.1 Å². The van der Waals surface area contributed by atoms with Gasteiger partial charge in [-0.1, -0.05) is 48.5 Å². The number of para-hydroxylation sites is 1. The molecule has 2 rings (SSSR count). The Kier molecular flexibility index (Phi) is 6.71. The van der Waals surface area contributed by atoms with Crippen LogP contribution in [-0.2, 0) is 20.7 Å². The van der Waals surface area contributed by atoms with Crippen LogP contribution in [0.15, 0.2) is 60.7 Å². The SMILES string of the molecule is COC(=O)C(NC(=O)Oc1ccccc1)C(=O)CCc1ccccc1. The van der Waals surface area contributed by atoms with Crippen molar-refractivity contribution in [2.75, 3.05) is 7.11 Å². The Morgan fingerprint density at radius 3 is 2.16 bits per heavy atom. The number of ketones is 1. The molecular weight excluding hydrogens is 322 g/mol. The lowest BCUT2D eigenvalue weighted by Crippen LogP contribution is -2.48. The first kappa shape index (κ1) is 18.2. The second-order valence-electron chi connectivity index (χ2n) is 5.25. The molecule has 1 N–H and O–H groups in total. The molecule has 6 heteroatoms. The lowest BCUT2D eigenvalue weighted by atomic mass is 10.0. The number of Topliss-reactive ketones (excluding diaryl/α,β-unsaturated/α-hetero) is 1. The maximum atomic E-state index is 12.3. The Labute approximate surface area is 145 Å². The van der Waals surface area contributed by atoms with Crippen LogP contribution in [0.25, 0.3) is 0 Å². The predicted molar refractivity (Wildman–Crippen MR) is 91.2 cm³/mol. The van der Waals surface area contributed by atoms with Crippen molar-refractivity contribution in [3.8, 4) is 5.75 Å². The largest absolute Gasteiger partial charge is 0.467 e. The van der Waals surface area contributed by atoms with E-state index >= 15 is 0 Å². The Morgan fingerprint density at radius 1 is 0.960 bits per heavy atom. The van der Waals surface area contributed by atoms with Crippen LogP contribution in [0.1, 0.15) is 12.0 Å². The molecular formula is C19H19NO5. The zero-order valence-electron chi connectivity index (χ0n) is 13.8. The zero-order valence-corrected chi connectivity index (χ0v) is 13.8. The van der Waals surface area contributed by atoms with E-state index in [0.29, 0.717) is 12.2 Å². The molecule has 0 fully saturated rings. The van der Waals surface area contributed by atoms with Crippen LogP contribution in [0.2, 0.25) is 0 Å². The van der Waals surface area contributed by atoms with E-state index in [1.54, 1.807) is 30.3 Å². The van der Waals surface area contributed by atoms with Crippen molar-refractivity contribution in [3.63, 3.8) is 0 Å². The highest BCUT2D eigenvalue weighted by molar-refractivity contribution is 6.05. The van der Waals surface area contributed by atoms with Crippen molar-refractivity contribution < 1.29 is 23.9 Å². The van der Waals surface area contributed by atoms with Gasteiger partial charge in [0.15, 0.2) is 11.8 Å². The Balaban J connectivity index is 1.96. The average molecular weight is 341 g/mol. The molecule has 0 spiro atoms. The van der Waals surface area contributed by atoms with Crippen molar-refractivity contribution >= 4 is 17.8 Å². The fourth-order valence-corrected chi connectivity index (χ4v) is 2.19. The van der Waals surface area contributed by atoms with Gasteiger partial charge < -0.3 is 14.8 Å². The third-order valence-electron chi connectivity index (χ3n) is 3.48. The number of carbonyl (C=O) groups excluding carboxylic acids is 3. The summed E-state index contributed by atoms with van der Waals surface area (Å²) in [6, 6.07) is 16.3. The molecule has 6 nitrogen and oxygen atoms in total. The lowest BCUT2D eigenvalue weighted by Gasteiger charge is -2.15. The standard InChI is InChI=1S/C19H19NO5/c1-24-18(22)17(16(21)13-12-14-8-4-2-5-9-14)20-19(23)25-15-10-6-3-7-11-15/h2-11,17H,12-13H2,1H3,(H,20,23). The van der Waals surface area contributed by atoms with Gasteiger partial charge in [-0.2, -0.15) is 0 Å². The van der Waals surface area contributed by atoms with Gasteiger partial charge in [0.1, 0.15) is 5.75 Å². The molecule has 2 aromatic carbocycles. The van der Waals surface area contributed by atoms with Crippen LogP contribution in [0.5, 0.6) is 5.75 Å². The summed E-state index contributed by atoms with van der Waals surface area (Å²) in [5, 5.41) is 2.27. The van der Waals surface area contributed by atoms with Crippen LogP contribution in [0.3, 0.4) is 0 Å². The first-order valence-electron chi connectivity index (χ1n) is 7.78. The van der Waals surface area contributed by atoms with Crippen LogP contribution in [0, 0.1) is 0 Å². The minimum atomic E-state index is -1.40. The van der Waals surface area contributed by atoms with Crippen molar-refractivity contribution in [3.05, 3.63) is 66.2 Å². The topological polar surface area (TPSA) is 81.7 Å². The number of methoxy groups -OCH3 is 1. The third kappa shape index (κ3) is 5.76. The van der Waals surface area contributed by atoms with Gasteiger partial charge in [0.25, 0.3) is 0 Å². The predicted octanol–water partition coefficient (Wildman–Crippen LogP) is 2.52. The van der Waals surface area contributed by atoms with Gasteiger partial charge in [0.2, 0.25) is 0 Å². The fraction of sp³-hybridized carbons (Fsp3) is 0.211. The quantitative estimate of drug-likeness (QED) is 0.618. The molecule has 1 atom stereocenters. The molecule has 130 valence electrons. The number of aryl methyl sites for hydroxylation is 1. The average Bonchev–Trinajstić information content (AvgIpc) is 2.65. The number of hydrogen-bond donors (Lipinski definition) is 1. The summed E-state index contributed by atoms with van der Waals surface area (Å²) in [6.45, 7) is 0. The molecule has 0 aliphatic heterocycles. The number of benzene rings is 2. The highest BCUT2D eigenvalue weighted by Crippen LogP contribution is 2.09. The summed E-state index contributed by atoms with van der Waals surface area (Å²) < 4.78 is 9.65. The molecule has 0 radical (unpaired) electrons. The summed E-state index contributed by atoms with van der Waals surface area (Å²) in [5.74, 6) is -0.968. The smallest absolute Gasteiger partial charge is 0.413 e. The van der Waals surface area contributed by atoms with Gasteiger partial charge in [-0.15, -0.1) is 0 Å². The van der Waals surface area contributed by atoms with Gasteiger partial charge in [-0.3, -0.25) is 4.79 Å². The molecule has 0 heterocycles. The van der Waals surface area contributed by atoms with Crippen molar-refractivity contribution in [2.24, 2.45) is 0 Å². The molecule has 0 aliphatic rings. The molecule has 0 saturated heterocycles. The highest BCUT2D eigenvalue weighted by Gasteiger charge is 2.29. The van der Waals surface area contributed by atoms with E-state index in [0.717, 1.165) is 12.7 Å².